The molecule has 0 aromatic carbocycles. The molecule has 2 rings (SSSR count). The number of nitrogens with zero attached hydrogens (tertiary/aromatic N) is 2. The third-order valence-electron chi connectivity index (χ3n) is 3.03. The molecule has 1 aliphatic rings. The summed E-state index contributed by atoms with van der Waals surface area (Å²) in [5, 5.41) is 11.4. The van der Waals surface area contributed by atoms with E-state index in [0.29, 0.717) is 5.92 Å². The summed E-state index contributed by atoms with van der Waals surface area (Å²) in [6.45, 7) is 4.89. The van der Waals surface area contributed by atoms with Crippen molar-refractivity contribution in [2.45, 2.75) is 26.2 Å². The molecule has 1 aliphatic heterocycles. The van der Waals surface area contributed by atoms with E-state index in [1.54, 1.807) is 0 Å². The zero-order valence-electron chi connectivity index (χ0n) is 9.78. The molecule has 1 fully saturated rings. The first-order valence-corrected chi connectivity index (χ1v) is 6.01. The smallest absolute Gasteiger partial charge is 0.148 e. The molecule has 0 radical (unpaired) electrons. The molecule has 1 saturated heterocycles. The second kappa shape index (κ2) is 5.80. The molecule has 4 nitrogen and oxygen atoms in total. The minimum Gasteiger partial charge on any atom is -0.381 e. The van der Waals surface area contributed by atoms with Gasteiger partial charge >= 0.3 is 0 Å². The molecule has 4 heteroatoms. The first-order valence-electron chi connectivity index (χ1n) is 6.01. The molecule has 0 bridgehead atoms. The van der Waals surface area contributed by atoms with E-state index in [2.05, 4.69) is 28.5 Å². The van der Waals surface area contributed by atoms with Gasteiger partial charge in [0.1, 0.15) is 5.82 Å². The first-order chi connectivity index (χ1) is 7.88. The summed E-state index contributed by atoms with van der Waals surface area (Å²) in [6.07, 6.45) is 5.11. The van der Waals surface area contributed by atoms with Gasteiger partial charge in [0.05, 0.1) is 6.20 Å². The van der Waals surface area contributed by atoms with Gasteiger partial charge in [-0.15, -0.1) is 5.10 Å². The molecule has 16 heavy (non-hydrogen) atoms. The molecule has 0 spiro atoms. The minimum atomic E-state index is 0.709. The van der Waals surface area contributed by atoms with E-state index >= 15 is 0 Å². The fourth-order valence-corrected chi connectivity index (χ4v) is 1.89. The van der Waals surface area contributed by atoms with Crippen LogP contribution in [-0.2, 0) is 11.2 Å². The lowest BCUT2D eigenvalue weighted by molar-refractivity contribution is 0.0699. The molecule has 1 N–H and O–H groups in total. The van der Waals surface area contributed by atoms with E-state index in [1.807, 2.05) is 6.20 Å². The van der Waals surface area contributed by atoms with Crippen LogP contribution in [0.25, 0.3) is 0 Å². The Hall–Kier alpha value is -1.16. The van der Waals surface area contributed by atoms with E-state index in [-0.39, 0.29) is 0 Å². The first kappa shape index (κ1) is 11.3. The Morgan fingerprint density at radius 3 is 3.00 bits per heavy atom. The Kier molecular flexibility index (Phi) is 4.10. The van der Waals surface area contributed by atoms with Crippen molar-refractivity contribution in [3.63, 3.8) is 0 Å². The Morgan fingerprint density at radius 1 is 1.44 bits per heavy atom. The standard InChI is InChI=1S/C12H19N3O/c1-2-10-7-12(15-14-9-10)13-8-11-3-5-16-6-4-11/h7,9,11H,2-6,8H2,1H3,(H,13,15). The Balaban J connectivity index is 1.83. The van der Waals surface area contributed by atoms with Crippen LogP contribution in [0.4, 0.5) is 5.82 Å². The molecule has 88 valence electrons. The zero-order valence-corrected chi connectivity index (χ0v) is 9.78. The molecule has 1 aromatic heterocycles. The molecule has 0 saturated carbocycles. The fraction of sp³-hybridized carbons (Fsp3) is 0.667. The van der Waals surface area contributed by atoms with Crippen molar-refractivity contribution >= 4 is 5.82 Å². The van der Waals surface area contributed by atoms with Crippen LogP contribution in [0.15, 0.2) is 12.3 Å². The maximum Gasteiger partial charge on any atom is 0.148 e. The van der Waals surface area contributed by atoms with Crippen molar-refractivity contribution in [3.05, 3.63) is 17.8 Å². The third kappa shape index (κ3) is 3.17. The van der Waals surface area contributed by atoms with Crippen LogP contribution < -0.4 is 5.32 Å². The number of hydrogen-bond acceptors (Lipinski definition) is 4. The Labute approximate surface area is 96.4 Å². The predicted molar refractivity (Wildman–Crippen MR) is 63.4 cm³/mol. The van der Waals surface area contributed by atoms with Gasteiger partial charge < -0.3 is 10.1 Å². The second-order valence-corrected chi connectivity index (χ2v) is 4.24. The SMILES string of the molecule is CCc1cnnc(NCC2CCOCC2)c1. The van der Waals surface area contributed by atoms with Crippen LogP contribution in [0.2, 0.25) is 0 Å². The number of aryl methyl sites for hydroxylation is 1. The molecular weight excluding hydrogens is 202 g/mol. The van der Waals surface area contributed by atoms with E-state index < -0.39 is 0 Å². The summed E-state index contributed by atoms with van der Waals surface area (Å²) in [4.78, 5) is 0. The van der Waals surface area contributed by atoms with Crippen LogP contribution in [-0.4, -0.2) is 30.0 Å². The van der Waals surface area contributed by atoms with E-state index in [9.17, 15) is 0 Å². The van der Waals surface area contributed by atoms with Gasteiger partial charge in [0.2, 0.25) is 0 Å². The van der Waals surface area contributed by atoms with Crippen LogP contribution in [0, 0.1) is 5.92 Å². The lowest BCUT2D eigenvalue weighted by Gasteiger charge is -2.22. The molecule has 1 aromatic rings. The highest BCUT2D eigenvalue weighted by Crippen LogP contribution is 2.15. The van der Waals surface area contributed by atoms with E-state index in [1.165, 1.54) is 5.56 Å². The fourth-order valence-electron chi connectivity index (χ4n) is 1.89. The monoisotopic (exact) mass is 221 g/mol. The molecule has 0 unspecified atom stereocenters. The number of rotatable bonds is 4. The number of anilines is 1. The maximum absolute atomic E-state index is 5.33. The normalized spacial score (nSPS) is 17.3. The topological polar surface area (TPSA) is 47.0 Å². The van der Waals surface area contributed by atoms with Gasteiger partial charge in [0.25, 0.3) is 0 Å². The van der Waals surface area contributed by atoms with E-state index in [0.717, 1.165) is 44.8 Å². The van der Waals surface area contributed by atoms with Crippen molar-refractivity contribution < 1.29 is 4.74 Å². The van der Waals surface area contributed by atoms with Gasteiger partial charge in [0.15, 0.2) is 0 Å². The number of ether oxygens (including phenoxy) is 1. The lowest BCUT2D eigenvalue weighted by atomic mass is 10.0. The summed E-state index contributed by atoms with van der Waals surface area (Å²) in [7, 11) is 0. The van der Waals surface area contributed by atoms with Gasteiger partial charge in [-0.1, -0.05) is 6.92 Å². The van der Waals surface area contributed by atoms with Crippen molar-refractivity contribution in [1.29, 1.82) is 0 Å². The molecule has 0 aliphatic carbocycles. The summed E-state index contributed by atoms with van der Waals surface area (Å²) < 4.78 is 5.33. The molecule has 2 heterocycles. The van der Waals surface area contributed by atoms with Crippen LogP contribution in [0.5, 0.6) is 0 Å². The van der Waals surface area contributed by atoms with Gasteiger partial charge in [-0.05, 0) is 36.8 Å². The summed E-state index contributed by atoms with van der Waals surface area (Å²) in [6, 6.07) is 2.08. The van der Waals surface area contributed by atoms with Crippen molar-refractivity contribution in [1.82, 2.24) is 10.2 Å². The average molecular weight is 221 g/mol. The summed E-state index contributed by atoms with van der Waals surface area (Å²) in [5.41, 5.74) is 1.23. The number of nitrogens with one attached hydrogen (secondary N) is 1. The van der Waals surface area contributed by atoms with Gasteiger partial charge in [0, 0.05) is 19.8 Å². The van der Waals surface area contributed by atoms with Crippen LogP contribution in [0.3, 0.4) is 0 Å². The third-order valence-corrected chi connectivity index (χ3v) is 3.03. The Bertz CT molecular complexity index is 324. The predicted octanol–water partition coefficient (Wildman–Crippen LogP) is 1.88. The van der Waals surface area contributed by atoms with Gasteiger partial charge in [-0.2, -0.15) is 5.10 Å². The zero-order chi connectivity index (χ0) is 11.2. The maximum atomic E-state index is 5.33. The van der Waals surface area contributed by atoms with Gasteiger partial charge in [-0.3, -0.25) is 0 Å². The average Bonchev–Trinajstić information content (AvgIpc) is 2.38. The van der Waals surface area contributed by atoms with Crippen molar-refractivity contribution in [2.75, 3.05) is 25.1 Å². The molecular formula is C12H19N3O. The summed E-state index contributed by atoms with van der Waals surface area (Å²) in [5.74, 6) is 1.60. The quantitative estimate of drug-likeness (QED) is 0.843. The van der Waals surface area contributed by atoms with Crippen LogP contribution >= 0.6 is 0 Å². The highest BCUT2D eigenvalue weighted by molar-refractivity contribution is 5.35. The number of aromatic nitrogens is 2. The van der Waals surface area contributed by atoms with Gasteiger partial charge in [-0.25, -0.2) is 0 Å². The molecule has 0 amide bonds. The summed E-state index contributed by atoms with van der Waals surface area (Å²) >= 11 is 0. The van der Waals surface area contributed by atoms with Crippen LogP contribution in [0.1, 0.15) is 25.3 Å². The highest BCUT2D eigenvalue weighted by Gasteiger charge is 2.13. The molecule has 0 atom stereocenters. The van der Waals surface area contributed by atoms with Crippen molar-refractivity contribution in [3.8, 4) is 0 Å². The number of hydrogen-bond donors (Lipinski definition) is 1. The highest BCUT2D eigenvalue weighted by atomic mass is 16.5. The minimum absolute atomic E-state index is 0.709. The van der Waals surface area contributed by atoms with E-state index in [4.69, 9.17) is 4.74 Å². The Morgan fingerprint density at radius 2 is 2.25 bits per heavy atom. The second-order valence-electron chi connectivity index (χ2n) is 4.24. The lowest BCUT2D eigenvalue weighted by Crippen LogP contribution is -2.23. The van der Waals surface area contributed by atoms with Crippen molar-refractivity contribution in [2.24, 2.45) is 5.92 Å². The largest absolute Gasteiger partial charge is 0.381 e.